The number of nitrogens with zero attached hydrogens (tertiary/aromatic N) is 5. The summed E-state index contributed by atoms with van der Waals surface area (Å²) in [5, 5.41) is 14.9. The maximum Gasteiger partial charge on any atom is 0.410 e. The molecule has 1 N–H and O–H groups in total. The second kappa shape index (κ2) is 15.7. The first-order chi connectivity index (χ1) is 22.9. The monoisotopic (exact) mass is 680 g/mol. The van der Waals surface area contributed by atoms with Crippen LogP contribution in [0.3, 0.4) is 0 Å². The molecule has 2 aromatic rings. The van der Waals surface area contributed by atoms with E-state index in [4.69, 9.17) is 14.2 Å². The van der Waals surface area contributed by atoms with Crippen molar-refractivity contribution in [1.82, 2.24) is 30.4 Å². The highest BCUT2D eigenvalue weighted by Gasteiger charge is 2.36. The predicted octanol–water partition coefficient (Wildman–Crippen LogP) is 6.94. The van der Waals surface area contributed by atoms with Crippen LogP contribution in [0.5, 0.6) is 0 Å². The molecule has 3 heterocycles. The van der Waals surface area contributed by atoms with Gasteiger partial charge in [-0.05, 0) is 121 Å². The summed E-state index contributed by atoms with van der Waals surface area (Å²) in [6.07, 6.45) is 6.24. The number of hydrogen-bond acceptors (Lipinski definition) is 9. The Kier molecular flexibility index (Phi) is 12.1. The summed E-state index contributed by atoms with van der Waals surface area (Å²) < 4.78 is 17.1. The van der Waals surface area contributed by atoms with Crippen molar-refractivity contribution in [2.45, 2.75) is 124 Å². The number of piperidine rings is 1. The van der Waals surface area contributed by atoms with Gasteiger partial charge in [0, 0.05) is 32.1 Å². The zero-order chi connectivity index (χ0) is 36.0. The Bertz CT molecular complexity index is 1430. The first-order valence-corrected chi connectivity index (χ1v) is 17.6. The number of ether oxygens (including phenoxy) is 3. The highest BCUT2D eigenvalue weighted by molar-refractivity contribution is 5.77. The summed E-state index contributed by atoms with van der Waals surface area (Å²) >= 11 is 0. The number of tetrazole rings is 1. The molecule has 0 spiro atoms. The SMILES string of the molecule is CC(C)(C)OC(=O)[C@@H](CCCC1CCN(C(=O)OC(C)(C)C)CC1)[C@H](Cc1ccc(C2=CCN(C(=O)OC(C)(C)C)C2)cc1)c1nnn[nH]1. The van der Waals surface area contributed by atoms with Gasteiger partial charge in [-0.3, -0.25) is 4.79 Å². The summed E-state index contributed by atoms with van der Waals surface area (Å²) in [7, 11) is 0. The van der Waals surface area contributed by atoms with Crippen molar-refractivity contribution in [2.24, 2.45) is 11.8 Å². The minimum absolute atomic E-state index is 0.254. The van der Waals surface area contributed by atoms with Crippen LogP contribution in [0.4, 0.5) is 9.59 Å². The van der Waals surface area contributed by atoms with Crippen molar-refractivity contribution in [3.63, 3.8) is 0 Å². The Morgan fingerprint density at radius 2 is 1.45 bits per heavy atom. The average Bonchev–Trinajstić information content (AvgIpc) is 3.70. The zero-order valence-electron chi connectivity index (χ0n) is 30.9. The molecule has 1 aromatic heterocycles. The van der Waals surface area contributed by atoms with E-state index in [0.29, 0.717) is 50.8 Å². The molecule has 2 aliphatic rings. The van der Waals surface area contributed by atoms with Gasteiger partial charge in [-0.2, -0.15) is 0 Å². The molecule has 0 bridgehead atoms. The van der Waals surface area contributed by atoms with Crippen molar-refractivity contribution in [3.05, 3.63) is 47.3 Å². The molecule has 2 atom stereocenters. The third-order valence-electron chi connectivity index (χ3n) is 8.65. The first-order valence-electron chi connectivity index (χ1n) is 17.6. The van der Waals surface area contributed by atoms with Gasteiger partial charge in [0.1, 0.15) is 16.8 Å². The third-order valence-corrected chi connectivity index (χ3v) is 8.65. The highest BCUT2D eigenvalue weighted by atomic mass is 16.6. The van der Waals surface area contributed by atoms with Gasteiger partial charge in [-0.25, -0.2) is 14.7 Å². The van der Waals surface area contributed by atoms with Crippen molar-refractivity contribution in [2.75, 3.05) is 26.2 Å². The number of aromatic amines is 1. The summed E-state index contributed by atoms with van der Waals surface area (Å²) in [5.74, 6) is -0.0266. The second-order valence-corrected chi connectivity index (χ2v) is 16.4. The van der Waals surface area contributed by atoms with Crippen LogP contribution in [-0.2, 0) is 25.4 Å². The summed E-state index contributed by atoms with van der Waals surface area (Å²) in [5.41, 5.74) is 1.44. The molecule has 4 rings (SSSR count). The number of likely N-dealkylation sites (tertiary alicyclic amines) is 1. The molecule has 1 saturated heterocycles. The van der Waals surface area contributed by atoms with E-state index in [9.17, 15) is 14.4 Å². The summed E-state index contributed by atoms with van der Waals surface area (Å²) in [6, 6.07) is 8.24. The molecule has 1 aromatic carbocycles. The van der Waals surface area contributed by atoms with Gasteiger partial charge in [0.15, 0.2) is 5.82 Å². The van der Waals surface area contributed by atoms with E-state index in [1.165, 1.54) is 0 Å². The standard InChI is InChI=1S/C37H56N6O6/c1-35(2,3)47-32(44)29(12-10-11-25-17-20-42(21-18-25)33(45)48-36(4,5)6)30(31-38-40-41-39-31)23-26-13-15-27(16-14-26)28-19-22-43(24-28)34(46)49-37(7,8)9/h13-16,19,25,29-30H,10-12,17-18,20-24H2,1-9H3,(H,38,39,40,41)/t29-,30-/m0/s1. The molecule has 0 radical (unpaired) electrons. The summed E-state index contributed by atoms with van der Waals surface area (Å²) in [6.45, 7) is 19.2. The zero-order valence-corrected chi connectivity index (χ0v) is 30.9. The van der Waals surface area contributed by atoms with Crippen molar-refractivity contribution < 1.29 is 28.6 Å². The maximum absolute atomic E-state index is 13.8. The number of carbonyl (C=O) groups excluding carboxylic acids is 3. The molecule has 49 heavy (non-hydrogen) atoms. The van der Waals surface area contributed by atoms with Gasteiger partial charge < -0.3 is 24.0 Å². The van der Waals surface area contributed by atoms with Gasteiger partial charge in [-0.15, -0.1) is 5.10 Å². The Hall–Kier alpha value is -3.96. The van der Waals surface area contributed by atoms with Crippen molar-refractivity contribution >= 4 is 23.7 Å². The second-order valence-electron chi connectivity index (χ2n) is 16.4. The maximum atomic E-state index is 13.8. The normalized spacial score (nSPS) is 17.4. The Balaban J connectivity index is 1.42. The molecule has 0 saturated carbocycles. The van der Waals surface area contributed by atoms with Gasteiger partial charge in [0.25, 0.3) is 0 Å². The molecular formula is C37H56N6O6. The largest absolute Gasteiger partial charge is 0.460 e. The average molecular weight is 681 g/mol. The van der Waals surface area contributed by atoms with Crippen LogP contribution in [0.2, 0.25) is 0 Å². The van der Waals surface area contributed by atoms with Crippen LogP contribution in [0.15, 0.2) is 30.3 Å². The smallest absolute Gasteiger partial charge is 0.410 e. The number of benzene rings is 1. The van der Waals surface area contributed by atoms with E-state index in [2.05, 4.69) is 51.0 Å². The van der Waals surface area contributed by atoms with Crippen LogP contribution in [0, 0.1) is 11.8 Å². The topological polar surface area (TPSA) is 140 Å². The Labute approximate surface area is 291 Å². The quantitative estimate of drug-likeness (QED) is 0.209. The van der Waals surface area contributed by atoms with Crippen molar-refractivity contribution in [3.8, 4) is 0 Å². The number of carbonyl (C=O) groups is 3. The fraction of sp³-hybridized carbons (Fsp3) is 0.676. The molecule has 270 valence electrons. The number of H-pyrrole nitrogens is 1. The predicted molar refractivity (Wildman–Crippen MR) is 187 cm³/mol. The van der Waals surface area contributed by atoms with Gasteiger partial charge in [-0.1, -0.05) is 43.2 Å². The van der Waals surface area contributed by atoms with Gasteiger partial charge in [0.2, 0.25) is 0 Å². The van der Waals surface area contributed by atoms with E-state index in [0.717, 1.165) is 42.4 Å². The number of esters is 1. The Morgan fingerprint density at radius 1 is 0.857 bits per heavy atom. The number of aromatic nitrogens is 4. The van der Waals surface area contributed by atoms with Crippen molar-refractivity contribution in [1.29, 1.82) is 0 Å². The van der Waals surface area contributed by atoms with Gasteiger partial charge >= 0.3 is 18.2 Å². The number of amides is 2. The molecule has 12 nitrogen and oxygen atoms in total. The molecule has 0 aliphatic carbocycles. The van der Waals surface area contributed by atoms with Crippen LogP contribution < -0.4 is 0 Å². The van der Waals surface area contributed by atoms with Crippen LogP contribution >= 0.6 is 0 Å². The fourth-order valence-electron chi connectivity index (χ4n) is 6.31. The van der Waals surface area contributed by atoms with Gasteiger partial charge in [0.05, 0.1) is 5.92 Å². The molecule has 2 aliphatic heterocycles. The van der Waals surface area contributed by atoms with Crippen LogP contribution in [-0.4, -0.2) is 91.6 Å². The summed E-state index contributed by atoms with van der Waals surface area (Å²) in [4.78, 5) is 42.4. The van der Waals surface area contributed by atoms with E-state index >= 15 is 0 Å². The number of nitrogens with one attached hydrogen (secondary N) is 1. The lowest BCUT2D eigenvalue weighted by Gasteiger charge is -2.34. The molecule has 2 amide bonds. The fourth-order valence-corrected chi connectivity index (χ4v) is 6.31. The van der Waals surface area contributed by atoms with Crippen LogP contribution in [0.25, 0.3) is 5.57 Å². The molecular weight excluding hydrogens is 624 g/mol. The Morgan fingerprint density at radius 3 is 2.00 bits per heavy atom. The molecule has 1 fully saturated rings. The minimum atomic E-state index is -0.641. The minimum Gasteiger partial charge on any atom is -0.460 e. The lowest BCUT2D eigenvalue weighted by molar-refractivity contribution is -0.161. The van der Waals surface area contributed by atoms with Crippen LogP contribution in [0.1, 0.15) is 117 Å². The number of rotatable bonds is 10. The highest BCUT2D eigenvalue weighted by Crippen LogP contribution is 2.34. The lowest BCUT2D eigenvalue weighted by Crippen LogP contribution is -2.41. The van der Waals surface area contributed by atoms with E-state index < -0.39 is 22.7 Å². The van der Waals surface area contributed by atoms with E-state index in [1.807, 2.05) is 62.3 Å². The third kappa shape index (κ3) is 11.9. The lowest BCUT2D eigenvalue weighted by atomic mass is 9.81. The number of hydrogen-bond donors (Lipinski definition) is 1. The molecule has 0 unspecified atom stereocenters. The molecule has 12 heteroatoms. The van der Waals surface area contributed by atoms with E-state index in [-0.39, 0.29) is 24.1 Å². The first kappa shape index (κ1) is 37.9. The van der Waals surface area contributed by atoms with E-state index in [1.54, 1.807) is 9.80 Å².